The molecule has 2 aromatic rings. The first-order valence-corrected chi connectivity index (χ1v) is 9.21. The summed E-state index contributed by atoms with van der Waals surface area (Å²) in [5, 5.41) is 0.441. The number of halogens is 1. The van der Waals surface area contributed by atoms with Gasteiger partial charge in [0.1, 0.15) is 11.1 Å². The number of nitrogens with zero attached hydrogens (tertiary/aromatic N) is 1. The molecule has 0 radical (unpaired) electrons. The molecule has 1 saturated heterocycles. The molecule has 0 aliphatic carbocycles. The minimum atomic E-state index is -0.492. The molecule has 1 aliphatic rings. The zero-order chi connectivity index (χ0) is 19.1. The van der Waals surface area contributed by atoms with E-state index >= 15 is 0 Å². The van der Waals surface area contributed by atoms with E-state index in [1.54, 1.807) is 12.3 Å². The van der Waals surface area contributed by atoms with E-state index in [9.17, 15) is 0 Å². The fourth-order valence-corrected chi connectivity index (χ4v) is 2.93. The molecule has 1 atom stereocenters. The average Bonchev–Trinajstić information content (AvgIpc) is 2.78. The van der Waals surface area contributed by atoms with Crippen LogP contribution in [0.1, 0.15) is 51.8 Å². The van der Waals surface area contributed by atoms with Crippen molar-refractivity contribution in [2.45, 2.75) is 58.8 Å². The van der Waals surface area contributed by atoms with E-state index in [1.807, 2.05) is 46.8 Å². The third kappa shape index (κ3) is 3.75. The third-order valence-corrected chi connectivity index (χ3v) is 5.46. The Morgan fingerprint density at radius 1 is 1.08 bits per heavy atom. The lowest BCUT2D eigenvalue weighted by Gasteiger charge is -2.32. The van der Waals surface area contributed by atoms with Crippen LogP contribution in [0.25, 0.3) is 0 Å². The normalized spacial score (nSPS) is 19.4. The van der Waals surface area contributed by atoms with Crippen molar-refractivity contribution in [3.05, 3.63) is 52.7 Å². The Kier molecular flexibility index (Phi) is 5.08. The summed E-state index contributed by atoms with van der Waals surface area (Å²) in [5.41, 5.74) is 2.26. The van der Waals surface area contributed by atoms with Gasteiger partial charge in [-0.25, -0.2) is 4.98 Å². The molecule has 0 amide bonds. The van der Waals surface area contributed by atoms with Gasteiger partial charge in [0.15, 0.2) is 0 Å². The van der Waals surface area contributed by atoms with Crippen molar-refractivity contribution >= 4 is 24.2 Å². The zero-order valence-electron chi connectivity index (χ0n) is 16.2. The van der Waals surface area contributed by atoms with Crippen molar-refractivity contribution < 1.29 is 14.0 Å². The maximum atomic E-state index is 6.41. The Morgan fingerprint density at radius 2 is 1.65 bits per heavy atom. The summed E-state index contributed by atoms with van der Waals surface area (Å²) < 4.78 is 18.0. The Morgan fingerprint density at radius 3 is 2.19 bits per heavy atom. The topological polar surface area (TPSA) is 40.6 Å². The average molecular weight is 374 g/mol. The predicted molar refractivity (Wildman–Crippen MR) is 105 cm³/mol. The number of pyridine rings is 1. The largest absolute Gasteiger partial charge is 0.496 e. The molecule has 4 nitrogen and oxygen atoms in total. The van der Waals surface area contributed by atoms with Gasteiger partial charge in [0.05, 0.1) is 11.2 Å². The van der Waals surface area contributed by atoms with Gasteiger partial charge in [0.25, 0.3) is 0 Å². The first kappa shape index (κ1) is 19.2. The molecule has 6 heteroatoms. The smallest absolute Gasteiger partial charge is 0.469 e. The SMILES string of the molecule is Cc1ccc(C(C)Oc2ncc(B3OC(C)(C)C(C)(C)O3)cc2Cl)cc1. The van der Waals surface area contributed by atoms with E-state index in [-0.39, 0.29) is 6.10 Å². The molecule has 1 aromatic carbocycles. The highest BCUT2D eigenvalue weighted by atomic mass is 35.5. The minimum Gasteiger partial charge on any atom is -0.469 e. The van der Waals surface area contributed by atoms with Crippen molar-refractivity contribution in [3.63, 3.8) is 0 Å². The number of aromatic nitrogens is 1. The monoisotopic (exact) mass is 373 g/mol. The van der Waals surface area contributed by atoms with Crippen LogP contribution in [0.2, 0.25) is 5.02 Å². The number of benzene rings is 1. The molecule has 0 N–H and O–H groups in total. The molecule has 26 heavy (non-hydrogen) atoms. The summed E-state index contributed by atoms with van der Waals surface area (Å²) in [6.45, 7) is 12.1. The summed E-state index contributed by atoms with van der Waals surface area (Å²) in [6.07, 6.45) is 1.55. The molecule has 3 rings (SSSR count). The van der Waals surface area contributed by atoms with Gasteiger partial charge in [0.2, 0.25) is 5.88 Å². The lowest BCUT2D eigenvalue weighted by atomic mass is 9.80. The molecule has 1 unspecified atom stereocenters. The van der Waals surface area contributed by atoms with E-state index in [0.717, 1.165) is 11.0 Å². The Hall–Kier alpha value is -1.56. The second-order valence-corrected chi connectivity index (χ2v) is 8.22. The maximum Gasteiger partial charge on any atom is 0.496 e. The Balaban J connectivity index is 1.75. The first-order valence-electron chi connectivity index (χ1n) is 8.83. The van der Waals surface area contributed by atoms with Gasteiger partial charge in [-0.3, -0.25) is 0 Å². The fourth-order valence-electron chi connectivity index (χ4n) is 2.71. The quantitative estimate of drug-likeness (QED) is 0.741. The second-order valence-electron chi connectivity index (χ2n) is 7.81. The molecule has 0 saturated carbocycles. The van der Waals surface area contributed by atoms with Crippen LogP contribution >= 0.6 is 11.6 Å². The number of ether oxygens (including phenoxy) is 1. The van der Waals surface area contributed by atoms with Gasteiger partial charge >= 0.3 is 7.12 Å². The molecule has 1 aliphatic heterocycles. The van der Waals surface area contributed by atoms with Crippen LogP contribution < -0.4 is 10.2 Å². The van der Waals surface area contributed by atoms with E-state index in [0.29, 0.717) is 10.9 Å². The highest BCUT2D eigenvalue weighted by Crippen LogP contribution is 2.37. The number of hydrogen-bond acceptors (Lipinski definition) is 4. The standard InChI is InChI=1S/C20H25BClNO3/c1-13-7-9-15(10-8-13)14(2)24-18-17(22)11-16(12-23-18)21-25-19(3,4)20(5,6)26-21/h7-12,14H,1-6H3. The van der Waals surface area contributed by atoms with Crippen molar-refractivity contribution in [2.24, 2.45) is 0 Å². The van der Waals surface area contributed by atoms with Gasteiger partial charge < -0.3 is 14.0 Å². The number of aryl methyl sites for hydroxylation is 1. The molecule has 138 valence electrons. The molecule has 0 spiro atoms. The maximum absolute atomic E-state index is 6.41. The van der Waals surface area contributed by atoms with Crippen LogP contribution in [-0.4, -0.2) is 23.3 Å². The summed E-state index contributed by atoms with van der Waals surface area (Å²) >= 11 is 6.41. The highest BCUT2D eigenvalue weighted by Gasteiger charge is 2.51. The summed E-state index contributed by atoms with van der Waals surface area (Å²) in [6, 6.07) is 10.0. The molecule has 2 heterocycles. The van der Waals surface area contributed by atoms with Crippen LogP contribution in [-0.2, 0) is 9.31 Å². The summed E-state index contributed by atoms with van der Waals surface area (Å²) in [5.74, 6) is 0.403. The van der Waals surface area contributed by atoms with Gasteiger partial charge in [-0.2, -0.15) is 0 Å². The molecular formula is C20H25BClNO3. The van der Waals surface area contributed by atoms with E-state index < -0.39 is 18.3 Å². The predicted octanol–water partition coefficient (Wildman–Crippen LogP) is 4.48. The molecule has 0 bridgehead atoms. The van der Waals surface area contributed by atoms with Gasteiger partial charge in [-0.05, 0) is 53.2 Å². The minimum absolute atomic E-state index is 0.150. The van der Waals surface area contributed by atoms with Crippen LogP contribution in [0.3, 0.4) is 0 Å². The Labute approximate surface area is 161 Å². The second kappa shape index (κ2) is 6.88. The van der Waals surface area contributed by atoms with Crippen LogP contribution in [0.4, 0.5) is 0 Å². The van der Waals surface area contributed by atoms with Gasteiger partial charge in [-0.15, -0.1) is 0 Å². The third-order valence-electron chi connectivity index (χ3n) is 5.19. The van der Waals surface area contributed by atoms with E-state index in [1.165, 1.54) is 5.56 Å². The lowest BCUT2D eigenvalue weighted by molar-refractivity contribution is 0.00578. The lowest BCUT2D eigenvalue weighted by Crippen LogP contribution is -2.41. The summed E-state index contributed by atoms with van der Waals surface area (Å²) in [7, 11) is -0.492. The van der Waals surface area contributed by atoms with Crippen molar-refractivity contribution in [1.29, 1.82) is 0 Å². The molecule has 1 fully saturated rings. The van der Waals surface area contributed by atoms with Gasteiger partial charge in [-0.1, -0.05) is 41.4 Å². The fraction of sp³-hybridized carbons (Fsp3) is 0.450. The Bertz CT molecular complexity index is 776. The van der Waals surface area contributed by atoms with E-state index in [4.69, 9.17) is 25.6 Å². The first-order chi connectivity index (χ1) is 12.1. The van der Waals surface area contributed by atoms with Crippen LogP contribution in [0.5, 0.6) is 5.88 Å². The van der Waals surface area contributed by atoms with Crippen molar-refractivity contribution in [2.75, 3.05) is 0 Å². The van der Waals surface area contributed by atoms with Crippen LogP contribution in [0, 0.1) is 6.92 Å². The summed E-state index contributed by atoms with van der Waals surface area (Å²) in [4.78, 5) is 4.39. The van der Waals surface area contributed by atoms with E-state index in [2.05, 4.69) is 24.0 Å². The van der Waals surface area contributed by atoms with Gasteiger partial charge in [0, 0.05) is 11.7 Å². The zero-order valence-corrected chi connectivity index (χ0v) is 16.9. The number of rotatable bonds is 4. The van der Waals surface area contributed by atoms with Crippen molar-refractivity contribution in [1.82, 2.24) is 4.98 Å². The molecular weight excluding hydrogens is 348 g/mol. The number of hydrogen-bond donors (Lipinski definition) is 0. The molecule has 1 aromatic heterocycles. The van der Waals surface area contributed by atoms with Crippen molar-refractivity contribution in [3.8, 4) is 5.88 Å². The highest BCUT2D eigenvalue weighted by molar-refractivity contribution is 6.62. The van der Waals surface area contributed by atoms with Crippen LogP contribution in [0.15, 0.2) is 36.5 Å².